The number of nitrogens with one attached hydrogen (secondary N) is 3. The fraction of sp³-hybridized carbons (Fsp3) is 0.881. The van der Waals surface area contributed by atoms with Gasteiger partial charge in [-0.15, -0.1) is 0 Å². The molecule has 35 heteroatoms. The number of carbonyl (C=O) groups excluding carboxylic acids is 3. The van der Waals surface area contributed by atoms with Gasteiger partial charge in [0.25, 0.3) is 11.6 Å². The van der Waals surface area contributed by atoms with Crippen LogP contribution in [0.1, 0.15) is 33.6 Å². The number of hydrogen-bond donors (Lipinski definition) is 22. The molecule has 0 bridgehead atoms. The van der Waals surface area contributed by atoms with Crippen LogP contribution in [0.15, 0.2) is 0 Å². The fourth-order valence-corrected chi connectivity index (χ4v) is 9.24. The zero-order valence-corrected chi connectivity index (χ0v) is 41.3. The molecule has 0 aromatic rings. The lowest BCUT2D eigenvalue weighted by Gasteiger charge is -2.52. The normalized spacial score (nSPS) is 38.9. The molecule has 22 N–H and O–H groups in total. The fourth-order valence-electron chi connectivity index (χ4n) is 9.24. The van der Waals surface area contributed by atoms with E-state index in [-0.39, 0.29) is 0 Å². The number of aliphatic hydroxyl groups excluding tert-OH is 17. The van der Waals surface area contributed by atoms with E-state index in [1.54, 1.807) is 0 Å². The van der Waals surface area contributed by atoms with Crippen molar-refractivity contribution in [1.29, 1.82) is 0 Å². The molecule has 0 aliphatic carbocycles. The molecule has 4 aliphatic heterocycles. The Kier molecular flexibility index (Phi) is 24.1. The Morgan fingerprint density at radius 1 is 0.558 bits per heavy atom. The lowest BCUT2D eigenvalue weighted by Crippen LogP contribution is -2.72. The molecule has 26 atom stereocenters. The summed E-state index contributed by atoms with van der Waals surface area (Å²) in [5, 5.41) is 210. The van der Waals surface area contributed by atoms with Crippen molar-refractivity contribution in [3.8, 4) is 0 Å². The van der Waals surface area contributed by atoms with Crippen LogP contribution >= 0.6 is 0 Å². The van der Waals surface area contributed by atoms with Gasteiger partial charge in [-0.25, -0.2) is 9.59 Å². The Hall–Kier alpha value is -3.65. The third-order valence-corrected chi connectivity index (χ3v) is 13.1. The van der Waals surface area contributed by atoms with Crippen molar-refractivity contribution in [3.63, 3.8) is 0 Å². The van der Waals surface area contributed by atoms with Crippen molar-refractivity contribution < 1.29 is 159 Å². The maximum Gasteiger partial charge on any atom is 0.364 e. The van der Waals surface area contributed by atoms with Gasteiger partial charge in [-0.1, -0.05) is 0 Å². The number of aliphatic hydroxyl groups is 17. The second kappa shape index (κ2) is 28.2. The Bertz CT molecular complexity index is 1950. The Labute approximate surface area is 435 Å². The van der Waals surface area contributed by atoms with E-state index in [0.29, 0.717) is 0 Å². The molecule has 35 nitrogen and oxygen atoms in total. The van der Waals surface area contributed by atoms with Crippen LogP contribution in [-0.4, -0.2) is 325 Å². The van der Waals surface area contributed by atoms with Crippen LogP contribution in [0.2, 0.25) is 0 Å². The van der Waals surface area contributed by atoms with Crippen LogP contribution in [0, 0.1) is 0 Å². The maximum absolute atomic E-state index is 13.7. The SMILES string of the molecule is CC(=O)N[C@H]1[C@H](O[C@@H]2[C@H](O[C@]3(C(=O)O)C[C@H](O)[C@@H](NC(C)=O)[C@H]([C@H](O)[C@@H](CO)O[C@]4(C(=O)O)C[C@H](O)[C@@H](NC(C)=O)[C@H]([C@H](O)[C@H](O)CO)O4)O3)[C@@H](O)[C@H](O[C@@H]([C@H](O)[C@@H](O)CO)[C@H](O)CO)O[C@@H]2CO)O[C@H](CO)[C@H](O)[C@@H]1O. The van der Waals surface area contributed by atoms with E-state index in [0.717, 1.165) is 20.8 Å². The minimum atomic E-state index is -3.57. The average molecular weight is 1130 g/mol. The molecule has 77 heavy (non-hydrogen) atoms. The zero-order valence-electron chi connectivity index (χ0n) is 41.3. The summed E-state index contributed by atoms with van der Waals surface area (Å²) in [7, 11) is 0. The molecular weight excluding hydrogens is 1060 g/mol. The van der Waals surface area contributed by atoms with Crippen molar-refractivity contribution >= 4 is 29.7 Å². The quantitative estimate of drug-likeness (QED) is 0.0382. The maximum atomic E-state index is 13.7. The van der Waals surface area contributed by atoms with E-state index in [1.807, 2.05) is 0 Å². The molecule has 4 heterocycles. The van der Waals surface area contributed by atoms with E-state index < -0.39 is 240 Å². The Balaban J connectivity index is 1.89. The highest BCUT2D eigenvalue weighted by Crippen LogP contribution is 2.41. The van der Waals surface area contributed by atoms with Gasteiger partial charge in [-0.05, 0) is 0 Å². The number of amides is 3. The summed E-state index contributed by atoms with van der Waals surface area (Å²) in [6.07, 6.45) is -50.1. The lowest BCUT2D eigenvalue weighted by atomic mass is 9.87. The van der Waals surface area contributed by atoms with Gasteiger partial charge in [0.2, 0.25) is 17.7 Å². The topological polar surface area (TPSA) is 580 Å². The van der Waals surface area contributed by atoms with Crippen molar-refractivity contribution in [3.05, 3.63) is 0 Å². The summed E-state index contributed by atoms with van der Waals surface area (Å²) in [4.78, 5) is 63.8. The Morgan fingerprint density at radius 2 is 1.03 bits per heavy atom. The minimum Gasteiger partial charge on any atom is -0.477 e. The third kappa shape index (κ3) is 15.0. The van der Waals surface area contributed by atoms with Gasteiger partial charge in [-0.2, -0.15) is 0 Å². The first-order valence-corrected chi connectivity index (χ1v) is 23.8. The molecule has 0 aromatic carbocycles. The minimum absolute atomic E-state index is 0.867. The monoisotopic (exact) mass is 1130 g/mol. The molecule has 446 valence electrons. The van der Waals surface area contributed by atoms with Gasteiger partial charge in [0.1, 0.15) is 110 Å². The molecule has 4 rings (SSSR count). The van der Waals surface area contributed by atoms with E-state index >= 15 is 0 Å². The van der Waals surface area contributed by atoms with Crippen molar-refractivity contribution in [2.24, 2.45) is 0 Å². The molecule has 4 saturated heterocycles. The first-order valence-electron chi connectivity index (χ1n) is 23.8. The summed E-state index contributed by atoms with van der Waals surface area (Å²) in [5.74, 6) is -14.2. The Morgan fingerprint density at radius 3 is 1.49 bits per heavy atom. The largest absolute Gasteiger partial charge is 0.477 e. The molecule has 0 aromatic heterocycles. The van der Waals surface area contributed by atoms with Gasteiger partial charge in [0.15, 0.2) is 12.6 Å². The van der Waals surface area contributed by atoms with Crippen LogP contribution in [0.5, 0.6) is 0 Å². The zero-order chi connectivity index (χ0) is 58.2. The van der Waals surface area contributed by atoms with Crippen molar-refractivity contribution in [2.75, 3.05) is 39.6 Å². The van der Waals surface area contributed by atoms with E-state index in [9.17, 15) is 121 Å². The van der Waals surface area contributed by atoms with Crippen LogP contribution in [0.4, 0.5) is 0 Å². The van der Waals surface area contributed by atoms with E-state index in [4.69, 9.17) is 37.9 Å². The second-order valence-corrected chi connectivity index (χ2v) is 18.8. The smallest absolute Gasteiger partial charge is 0.364 e. The molecule has 4 fully saturated rings. The molecule has 0 saturated carbocycles. The number of carboxylic acids is 2. The molecule has 0 spiro atoms. The molecule has 0 unspecified atom stereocenters. The number of rotatable bonds is 26. The molecule has 0 radical (unpaired) electrons. The number of carboxylic acid groups (broad SMARTS) is 2. The van der Waals surface area contributed by atoms with Gasteiger partial charge in [0, 0.05) is 33.6 Å². The first kappa shape index (κ1) is 65.9. The standard InChI is InChI=1S/C42H71N3O32/c1-12(52)43-23-15(55)4-41(39(66)67,75-34(23)27(61)18(58)7-47)74-21(10-50)29(63)35-24(44-13(2)53)16(56)5-42(76-35,40(68)69)77-36-31(65)38(72-32(19(59)8-48)26(60)17(57)6-46)71-22(11-51)33(36)73-37-25(45-14(3)54)30(64)28(62)20(9-49)70-37/h15-38,46-51,55-65H,4-11H2,1-3H3,(H,43,52)(H,44,53)(H,45,54)(H,66,67)(H,68,69)/t15-,16-,17-,18+,19+,20+,21+,22+,23+,24+,25+,26+,27+,28-,29+,30+,31+,32+,33-,34+,35+,36+,37-,38-,41+,42-/m0/s1. The van der Waals surface area contributed by atoms with Gasteiger partial charge in [0.05, 0.1) is 63.9 Å². The van der Waals surface area contributed by atoms with Crippen LogP contribution < -0.4 is 16.0 Å². The van der Waals surface area contributed by atoms with Crippen LogP contribution in [0.25, 0.3) is 0 Å². The lowest BCUT2D eigenvalue weighted by molar-refractivity contribution is -0.396. The van der Waals surface area contributed by atoms with Crippen molar-refractivity contribution in [1.82, 2.24) is 16.0 Å². The number of ether oxygens (including phenoxy) is 8. The summed E-state index contributed by atoms with van der Waals surface area (Å²) >= 11 is 0. The number of carbonyl (C=O) groups is 5. The first-order chi connectivity index (χ1) is 36.0. The highest BCUT2D eigenvalue weighted by molar-refractivity contribution is 5.77. The average Bonchev–Trinajstić information content (AvgIpc) is 3.37. The third-order valence-electron chi connectivity index (χ3n) is 13.1. The van der Waals surface area contributed by atoms with E-state index in [1.165, 1.54) is 0 Å². The van der Waals surface area contributed by atoms with Crippen molar-refractivity contribution in [2.45, 2.75) is 192 Å². The predicted molar refractivity (Wildman–Crippen MR) is 238 cm³/mol. The van der Waals surface area contributed by atoms with E-state index in [2.05, 4.69) is 16.0 Å². The second-order valence-electron chi connectivity index (χ2n) is 18.8. The highest BCUT2D eigenvalue weighted by Gasteiger charge is 2.63. The number of aliphatic carboxylic acids is 2. The van der Waals surface area contributed by atoms with Crippen LogP contribution in [0.3, 0.4) is 0 Å². The van der Waals surface area contributed by atoms with Gasteiger partial charge >= 0.3 is 11.9 Å². The highest BCUT2D eigenvalue weighted by atomic mass is 16.8. The van der Waals surface area contributed by atoms with Gasteiger partial charge in [-0.3, -0.25) is 14.4 Å². The van der Waals surface area contributed by atoms with Gasteiger partial charge < -0.3 is 151 Å². The number of hydrogen-bond acceptors (Lipinski definition) is 30. The summed E-state index contributed by atoms with van der Waals surface area (Å²) in [5.41, 5.74) is 0. The summed E-state index contributed by atoms with van der Waals surface area (Å²) in [6.45, 7) is -4.74. The molecule has 4 aliphatic rings. The molecular formula is C42H71N3O32. The summed E-state index contributed by atoms with van der Waals surface area (Å²) in [6, 6.07) is -5.60. The predicted octanol–water partition coefficient (Wildman–Crippen LogP) is -13.4. The summed E-state index contributed by atoms with van der Waals surface area (Å²) < 4.78 is 46.0. The van der Waals surface area contributed by atoms with Crippen LogP contribution in [-0.2, 0) is 61.9 Å². The molecule has 3 amide bonds.